The fraction of sp³-hybridized carbons (Fsp3) is 0.0625. The predicted octanol–water partition coefficient (Wildman–Crippen LogP) is 1.90. The van der Waals surface area contributed by atoms with Crippen molar-refractivity contribution < 1.29 is 23.5 Å². The first-order valence-corrected chi connectivity index (χ1v) is 7.65. The van der Waals surface area contributed by atoms with Gasteiger partial charge in [-0.1, -0.05) is 18.2 Å². The second-order valence-electron chi connectivity index (χ2n) is 4.47. The second kappa shape index (κ2) is 8.59. The van der Waals surface area contributed by atoms with E-state index in [1.807, 2.05) is 0 Å². The van der Waals surface area contributed by atoms with E-state index in [4.69, 9.17) is 4.74 Å². The van der Waals surface area contributed by atoms with E-state index in [2.05, 4.69) is 10.9 Å². The van der Waals surface area contributed by atoms with Gasteiger partial charge in [0, 0.05) is 6.08 Å². The van der Waals surface area contributed by atoms with Crippen LogP contribution in [0.2, 0.25) is 0 Å². The first-order valence-electron chi connectivity index (χ1n) is 6.77. The van der Waals surface area contributed by atoms with Crippen molar-refractivity contribution in [2.45, 2.75) is 0 Å². The molecular formula is C16H13FN2O4S. The lowest BCUT2D eigenvalue weighted by Gasteiger charge is -2.06. The Morgan fingerprint density at radius 2 is 1.88 bits per heavy atom. The highest BCUT2D eigenvalue weighted by atomic mass is 32.1. The van der Waals surface area contributed by atoms with Crippen LogP contribution < -0.4 is 10.9 Å². The summed E-state index contributed by atoms with van der Waals surface area (Å²) < 4.78 is 17.4. The Morgan fingerprint density at radius 3 is 2.54 bits per heavy atom. The van der Waals surface area contributed by atoms with Crippen molar-refractivity contribution in [3.8, 4) is 0 Å². The van der Waals surface area contributed by atoms with E-state index < -0.39 is 24.4 Å². The van der Waals surface area contributed by atoms with Gasteiger partial charge in [0.15, 0.2) is 6.61 Å². The van der Waals surface area contributed by atoms with Gasteiger partial charge in [-0.2, -0.15) is 0 Å². The number of hydrogen-bond acceptors (Lipinski definition) is 5. The minimum Gasteiger partial charge on any atom is -0.452 e. The van der Waals surface area contributed by atoms with E-state index in [-0.39, 0.29) is 5.82 Å². The van der Waals surface area contributed by atoms with Gasteiger partial charge in [0.25, 0.3) is 11.8 Å². The number of ether oxygens (including phenoxy) is 1. The Kier molecular flexibility index (Phi) is 6.21. The predicted molar refractivity (Wildman–Crippen MR) is 86.3 cm³/mol. The van der Waals surface area contributed by atoms with Crippen LogP contribution in [-0.2, 0) is 14.3 Å². The first-order chi connectivity index (χ1) is 11.5. The Labute approximate surface area is 140 Å². The molecule has 0 aliphatic heterocycles. The smallest absolute Gasteiger partial charge is 0.331 e. The van der Waals surface area contributed by atoms with E-state index in [0.29, 0.717) is 10.4 Å². The largest absolute Gasteiger partial charge is 0.452 e. The molecule has 0 aliphatic carbocycles. The van der Waals surface area contributed by atoms with Crippen LogP contribution in [0.25, 0.3) is 6.08 Å². The third kappa shape index (κ3) is 5.65. The molecule has 1 heterocycles. The van der Waals surface area contributed by atoms with Crippen LogP contribution in [0, 0.1) is 5.82 Å². The molecule has 0 spiro atoms. The highest BCUT2D eigenvalue weighted by Gasteiger charge is 2.09. The summed E-state index contributed by atoms with van der Waals surface area (Å²) in [7, 11) is 0. The van der Waals surface area contributed by atoms with Gasteiger partial charge in [0.05, 0.1) is 4.88 Å². The summed E-state index contributed by atoms with van der Waals surface area (Å²) in [6, 6.07) is 8.81. The number of benzene rings is 1. The Bertz CT molecular complexity index is 742. The molecule has 124 valence electrons. The zero-order chi connectivity index (χ0) is 17.4. The van der Waals surface area contributed by atoms with Gasteiger partial charge in [0.1, 0.15) is 5.82 Å². The number of esters is 1. The number of rotatable bonds is 5. The molecule has 0 bridgehead atoms. The van der Waals surface area contributed by atoms with Crippen molar-refractivity contribution in [2.24, 2.45) is 0 Å². The SMILES string of the molecule is O=C(COC(=O)C=Cc1ccc(F)cc1)NNC(=O)c1cccs1. The average molecular weight is 348 g/mol. The zero-order valence-electron chi connectivity index (χ0n) is 12.3. The highest BCUT2D eigenvalue weighted by molar-refractivity contribution is 7.12. The summed E-state index contributed by atoms with van der Waals surface area (Å²) in [4.78, 5) is 34.9. The number of halogens is 1. The number of nitrogens with one attached hydrogen (secondary N) is 2. The normalized spacial score (nSPS) is 10.4. The van der Waals surface area contributed by atoms with Gasteiger partial charge in [-0.05, 0) is 35.2 Å². The summed E-state index contributed by atoms with van der Waals surface area (Å²) in [5.41, 5.74) is 4.94. The van der Waals surface area contributed by atoms with Crippen LogP contribution in [0.4, 0.5) is 4.39 Å². The lowest BCUT2D eigenvalue weighted by Crippen LogP contribution is -2.43. The van der Waals surface area contributed by atoms with Crippen molar-refractivity contribution in [1.29, 1.82) is 0 Å². The molecule has 8 heteroatoms. The topological polar surface area (TPSA) is 84.5 Å². The minimum atomic E-state index is -0.737. The number of amides is 2. The molecule has 0 fully saturated rings. The molecule has 0 saturated carbocycles. The molecule has 0 atom stereocenters. The number of carbonyl (C=O) groups excluding carboxylic acids is 3. The molecule has 0 unspecified atom stereocenters. The first kappa shape index (κ1) is 17.4. The van der Waals surface area contributed by atoms with Crippen molar-refractivity contribution in [3.63, 3.8) is 0 Å². The molecule has 2 N–H and O–H groups in total. The maximum Gasteiger partial charge on any atom is 0.331 e. The second-order valence-corrected chi connectivity index (χ2v) is 5.42. The number of thiophene rings is 1. The molecule has 0 aliphatic rings. The lowest BCUT2D eigenvalue weighted by atomic mass is 10.2. The van der Waals surface area contributed by atoms with E-state index >= 15 is 0 Å². The monoisotopic (exact) mass is 348 g/mol. The maximum absolute atomic E-state index is 12.7. The van der Waals surface area contributed by atoms with Gasteiger partial charge < -0.3 is 4.74 Å². The highest BCUT2D eigenvalue weighted by Crippen LogP contribution is 2.07. The molecule has 2 aromatic rings. The third-order valence-corrected chi connectivity index (χ3v) is 3.56. The molecule has 24 heavy (non-hydrogen) atoms. The van der Waals surface area contributed by atoms with Gasteiger partial charge in [-0.15, -0.1) is 11.3 Å². The Morgan fingerprint density at radius 1 is 1.12 bits per heavy atom. The molecule has 0 radical (unpaired) electrons. The fourth-order valence-electron chi connectivity index (χ4n) is 1.55. The van der Waals surface area contributed by atoms with Crippen molar-refractivity contribution in [1.82, 2.24) is 10.9 Å². The van der Waals surface area contributed by atoms with Crippen LogP contribution in [0.3, 0.4) is 0 Å². The molecule has 0 saturated heterocycles. The van der Waals surface area contributed by atoms with Crippen LogP contribution in [0.15, 0.2) is 47.9 Å². The zero-order valence-corrected chi connectivity index (χ0v) is 13.1. The van der Waals surface area contributed by atoms with Gasteiger partial charge in [-0.3, -0.25) is 20.4 Å². The summed E-state index contributed by atoms with van der Waals surface area (Å²) in [5.74, 6) is -2.25. The van der Waals surface area contributed by atoms with Gasteiger partial charge >= 0.3 is 5.97 Å². The minimum absolute atomic E-state index is 0.379. The molecule has 2 amide bonds. The van der Waals surface area contributed by atoms with Crippen molar-refractivity contribution >= 4 is 35.2 Å². The van der Waals surface area contributed by atoms with E-state index in [1.54, 1.807) is 17.5 Å². The van der Waals surface area contributed by atoms with Crippen LogP contribution in [-0.4, -0.2) is 24.4 Å². The summed E-state index contributed by atoms with van der Waals surface area (Å²) in [6.07, 6.45) is 2.54. The summed E-state index contributed by atoms with van der Waals surface area (Å²) >= 11 is 1.22. The Balaban J connectivity index is 1.70. The Hall–Kier alpha value is -3.00. The van der Waals surface area contributed by atoms with E-state index in [9.17, 15) is 18.8 Å². The molecule has 1 aromatic carbocycles. The molecule has 2 rings (SSSR count). The standard InChI is InChI=1S/C16H13FN2O4S/c17-12-6-3-11(4-7-12)5-8-15(21)23-10-14(20)18-19-16(22)13-2-1-9-24-13/h1-9H,10H2,(H,18,20)(H,19,22). The third-order valence-electron chi connectivity index (χ3n) is 2.69. The van der Waals surface area contributed by atoms with Crippen LogP contribution in [0.5, 0.6) is 0 Å². The van der Waals surface area contributed by atoms with Crippen LogP contribution in [0.1, 0.15) is 15.2 Å². The molecular weight excluding hydrogens is 335 g/mol. The summed E-state index contributed by atoms with van der Waals surface area (Å²) in [6.45, 7) is -0.544. The van der Waals surface area contributed by atoms with E-state index in [1.165, 1.54) is 41.7 Å². The van der Waals surface area contributed by atoms with Crippen LogP contribution >= 0.6 is 11.3 Å². The molecule has 1 aromatic heterocycles. The van der Waals surface area contributed by atoms with Crippen molar-refractivity contribution in [2.75, 3.05) is 6.61 Å². The number of hydrogen-bond donors (Lipinski definition) is 2. The van der Waals surface area contributed by atoms with Crippen molar-refractivity contribution in [3.05, 3.63) is 64.1 Å². The summed E-state index contributed by atoms with van der Waals surface area (Å²) in [5, 5.41) is 1.73. The fourth-order valence-corrected chi connectivity index (χ4v) is 2.17. The molecule has 6 nitrogen and oxygen atoms in total. The quantitative estimate of drug-likeness (QED) is 0.491. The van der Waals surface area contributed by atoms with Gasteiger partial charge in [-0.25, -0.2) is 9.18 Å². The number of carbonyl (C=O) groups is 3. The van der Waals surface area contributed by atoms with E-state index in [0.717, 1.165) is 6.08 Å². The lowest BCUT2D eigenvalue weighted by molar-refractivity contribution is -0.144. The number of hydrazine groups is 1. The maximum atomic E-state index is 12.7. The average Bonchev–Trinajstić information content (AvgIpc) is 3.12. The van der Waals surface area contributed by atoms with Gasteiger partial charge in [0.2, 0.25) is 0 Å².